The van der Waals surface area contributed by atoms with Crippen LogP contribution in [-0.4, -0.2) is 31.6 Å². The van der Waals surface area contributed by atoms with Crippen LogP contribution in [0.3, 0.4) is 0 Å². The molecule has 0 amide bonds. The van der Waals surface area contributed by atoms with Crippen molar-refractivity contribution in [3.63, 3.8) is 0 Å². The average molecular weight is 193 g/mol. The molecule has 3 heteroatoms. The number of nitrogens with zero attached hydrogens (tertiary/aromatic N) is 1. The molecule has 0 heterocycles. The summed E-state index contributed by atoms with van der Waals surface area (Å²) in [6, 6.07) is 10.2. The molecule has 1 aromatic carbocycles. The van der Waals surface area contributed by atoms with E-state index in [-0.39, 0.29) is 0 Å². The maximum atomic E-state index is 9.90. The fourth-order valence-electron chi connectivity index (χ4n) is 1.23. The lowest BCUT2D eigenvalue weighted by Crippen LogP contribution is -2.22. The number of hydrogen-bond acceptors (Lipinski definition) is 3. The molecule has 0 unspecified atom stereocenters. The van der Waals surface area contributed by atoms with Crippen LogP contribution in [0.4, 0.5) is 0 Å². The zero-order valence-electron chi connectivity index (χ0n) is 8.35. The standard InChI is InChI=1S/C11H15NO2/c1-12(7-8-14-10-13)9-11-5-3-2-4-6-11/h2-6,10H,7-9H2,1H3. The SMILES string of the molecule is CN(CCOC=O)Cc1ccccc1. The molecule has 0 spiro atoms. The van der Waals surface area contributed by atoms with E-state index < -0.39 is 0 Å². The van der Waals surface area contributed by atoms with Gasteiger partial charge in [0.25, 0.3) is 6.47 Å². The van der Waals surface area contributed by atoms with Crippen LogP contribution in [0.5, 0.6) is 0 Å². The molecule has 76 valence electrons. The molecule has 0 saturated heterocycles. The number of carbonyl (C=O) groups excluding carboxylic acids is 1. The van der Waals surface area contributed by atoms with Gasteiger partial charge >= 0.3 is 0 Å². The molecule has 0 aliphatic heterocycles. The summed E-state index contributed by atoms with van der Waals surface area (Å²) < 4.78 is 4.62. The average Bonchev–Trinajstić information content (AvgIpc) is 2.20. The van der Waals surface area contributed by atoms with Gasteiger partial charge in [-0.3, -0.25) is 9.69 Å². The van der Waals surface area contributed by atoms with E-state index in [1.165, 1.54) is 5.56 Å². The van der Waals surface area contributed by atoms with Crippen LogP contribution in [-0.2, 0) is 16.1 Å². The Bertz CT molecular complexity index is 261. The second kappa shape index (κ2) is 6.16. The number of rotatable bonds is 6. The highest BCUT2D eigenvalue weighted by atomic mass is 16.5. The Morgan fingerprint density at radius 1 is 1.36 bits per heavy atom. The Hall–Kier alpha value is -1.35. The van der Waals surface area contributed by atoms with Crippen molar-refractivity contribution in [1.29, 1.82) is 0 Å². The maximum Gasteiger partial charge on any atom is 0.293 e. The molecular formula is C11H15NO2. The van der Waals surface area contributed by atoms with Gasteiger partial charge in [-0.2, -0.15) is 0 Å². The Labute approximate surface area is 84.3 Å². The van der Waals surface area contributed by atoms with E-state index in [0.717, 1.165) is 13.1 Å². The lowest BCUT2D eigenvalue weighted by atomic mass is 10.2. The van der Waals surface area contributed by atoms with Gasteiger partial charge < -0.3 is 4.74 Å². The van der Waals surface area contributed by atoms with Gasteiger partial charge in [-0.15, -0.1) is 0 Å². The predicted octanol–water partition coefficient (Wildman–Crippen LogP) is 1.29. The molecule has 0 aliphatic carbocycles. The molecule has 0 aliphatic rings. The van der Waals surface area contributed by atoms with Crippen molar-refractivity contribution in [2.45, 2.75) is 6.54 Å². The van der Waals surface area contributed by atoms with Crippen LogP contribution >= 0.6 is 0 Å². The van der Waals surface area contributed by atoms with Crippen molar-refractivity contribution in [1.82, 2.24) is 4.90 Å². The van der Waals surface area contributed by atoms with Crippen LogP contribution in [0, 0.1) is 0 Å². The van der Waals surface area contributed by atoms with E-state index in [1.54, 1.807) is 0 Å². The smallest absolute Gasteiger partial charge is 0.293 e. The summed E-state index contributed by atoms with van der Waals surface area (Å²) in [6.07, 6.45) is 0. The first-order valence-electron chi connectivity index (χ1n) is 4.60. The van der Waals surface area contributed by atoms with Gasteiger partial charge in [-0.25, -0.2) is 0 Å². The Morgan fingerprint density at radius 2 is 2.07 bits per heavy atom. The predicted molar refractivity (Wildman–Crippen MR) is 54.8 cm³/mol. The molecule has 0 aromatic heterocycles. The zero-order valence-corrected chi connectivity index (χ0v) is 8.35. The van der Waals surface area contributed by atoms with Gasteiger partial charge in [0, 0.05) is 13.1 Å². The molecule has 14 heavy (non-hydrogen) atoms. The minimum absolute atomic E-state index is 0.451. The van der Waals surface area contributed by atoms with Crippen molar-refractivity contribution >= 4 is 6.47 Å². The van der Waals surface area contributed by atoms with Gasteiger partial charge in [0.05, 0.1) is 0 Å². The summed E-state index contributed by atoms with van der Waals surface area (Å²) >= 11 is 0. The van der Waals surface area contributed by atoms with Crippen LogP contribution in [0.25, 0.3) is 0 Å². The number of benzene rings is 1. The minimum Gasteiger partial charge on any atom is -0.467 e. The molecule has 0 N–H and O–H groups in total. The Kier molecular flexibility index (Phi) is 4.72. The minimum atomic E-state index is 0.451. The molecule has 1 rings (SSSR count). The summed E-state index contributed by atoms with van der Waals surface area (Å²) in [7, 11) is 2.00. The van der Waals surface area contributed by atoms with Gasteiger partial charge in [0.15, 0.2) is 0 Å². The number of hydrogen-bond donors (Lipinski definition) is 0. The van der Waals surface area contributed by atoms with Crippen LogP contribution in [0.2, 0.25) is 0 Å². The molecule has 0 bridgehead atoms. The van der Waals surface area contributed by atoms with Crippen molar-refractivity contribution < 1.29 is 9.53 Å². The fourth-order valence-corrected chi connectivity index (χ4v) is 1.23. The molecule has 3 nitrogen and oxygen atoms in total. The van der Waals surface area contributed by atoms with Gasteiger partial charge in [-0.05, 0) is 12.6 Å². The van der Waals surface area contributed by atoms with Crippen molar-refractivity contribution in [3.8, 4) is 0 Å². The first kappa shape index (κ1) is 10.7. The van der Waals surface area contributed by atoms with Gasteiger partial charge in [0.2, 0.25) is 0 Å². The Balaban J connectivity index is 2.26. The Morgan fingerprint density at radius 3 is 2.71 bits per heavy atom. The normalized spacial score (nSPS) is 10.1. The van der Waals surface area contributed by atoms with E-state index in [0.29, 0.717) is 13.1 Å². The summed E-state index contributed by atoms with van der Waals surface area (Å²) in [6.45, 7) is 2.57. The fraction of sp³-hybridized carbons (Fsp3) is 0.364. The molecular weight excluding hydrogens is 178 g/mol. The second-order valence-corrected chi connectivity index (χ2v) is 3.19. The number of carbonyl (C=O) groups is 1. The van der Waals surface area contributed by atoms with E-state index in [9.17, 15) is 4.79 Å². The third-order valence-corrected chi connectivity index (χ3v) is 1.95. The number of ether oxygens (including phenoxy) is 1. The van der Waals surface area contributed by atoms with Gasteiger partial charge in [0.1, 0.15) is 6.61 Å². The van der Waals surface area contributed by atoms with E-state index in [4.69, 9.17) is 0 Å². The van der Waals surface area contributed by atoms with Crippen molar-refractivity contribution in [3.05, 3.63) is 35.9 Å². The maximum absolute atomic E-state index is 9.90. The van der Waals surface area contributed by atoms with Crippen LogP contribution in [0.1, 0.15) is 5.56 Å². The highest BCUT2D eigenvalue weighted by Crippen LogP contribution is 2.01. The monoisotopic (exact) mass is 193 g/mol. The topological polar surface area (TPSA) is 29.5 Å². The van der Waals surface area contributed by atoms with E-state index in [1.807, 2.05) is 25.2 Å². The first-order valence-corrected chi connectivity index (χ1v) is 4.60. The first-order chi connectivity index (χ1) is 6.83. The van der Waals surface area contributed by atoms with E-state index in [2.05, 4.69) is 21.8 Å². The zero-order chi connectivity index (χ0) is 10.2. The highest BCUT2D eigenvalue weighted by molar-refractivity contribution is 5.36. The summed E-state index contributed by atoms with van der Waals surface area (Å²) in [5.74, 6) is 0. The third kappa shape index (κ3) is 4.05. The third-order valence-electron chi connectivity index (χ3n) is 1.95. The highest BCUT2D eigenvalue weighted by Gasteiger charge is 1.98. The molecule has 0 radical (unpaired) electrons. The largest absolute Gasteiger partial charge is 0.467 e. The second-order valence-electron chi connectivity index (χ2n) is 3.19. The molecule has 0 fully saturated rings. The lowest BCUT2D eigenvalue weighted by Gasteiger charge is -2.15. The summed E-state index contributed by atoms with van der Waals surface area (Å²) in [4.78, 5) is 12.0. The van der Waals surface area contributed by atoms with Crippen LogP contribution in [0.15, 0.2) is 30.3 Å². The van der Waals surface area contributed by atoms with Crippen LogP contribution < -0.4 is 0 Å². The molecule has 0 atom stereocenters. The number of likely N-dealkylation sites (N-methyl/N-ethyl adjacent to an activating group) is 1. The quantitative estimate of drug-likeness (QED) is 0.503. The van der Waals surface area contributed by atoms with Crippen molar-refractivity contribution in [2.75, 3.05) is 20.2 Å². The summed E-state index contributed by atoms with van der Waals surface area (Å²) in [5.41, 5.74) is 1.26. The van der Waals surface area contributed by atoms with Gasteiger partial charge in [-0.1, -0.05) is 30.3 Å². The molecule has 1 aromatic rings. The summed E-state index contributed by atoms with van der Waals surface area (Å²) in [5, 5.41) is 0. The van der Waals surface area contributed by atoms with Crippen molar-refractivity contribution in [2.24, 2.45) is 0 Å². The lowest BCUT2D eigenvalue weighted by molar-refractivity contribution is -0.129. The van der Waals surface area contributed by atoms with E-state index >= 15 is 0 Å². The molecule has 0 saturated carbocycles.